The Bertz CT molecular complexity index is 793. The van der Waals surface area contributed by atoms with E-state index >= 15 is 0 Å². The number of aromatic nitrogens is 1. The van der Waals surface area contributed by atoms with Crippen molar-refractivity contribution in [1.29, 1.82) is 0 Å². The largest absolute Gasteiger partial charge is 0.478 e. The summed E-state index contributed by atoms with van der Waals surface area (Å²) in [5.74, 6) is -1.23. The summed E-state index contributed by atoms with van der Waals surface area (Å²) in [4.78, 5) is 35.4. The number of hydrogen-bond acceptors (Lipinski definition) is 3. The standard InChI is InChI=1S/C18H20N2O4/c1-3-15(20-10-4-5-12(2)17(20)22)16(21)19-11-13-6-8-14(9-7-13)18(23)24/h4-10,15H,3,11H2,1-2H3,(H,19,21)(H,23,24). The lowest BCUT2D eigenvalue weighted by Crippen LogP contribution is -2.37. The topological polar surface area (TPSA) is 88.4 Å². The average Bonchev–Trinajstić information content (AvgIpc) is 2.57. The van der Waals surface area contributed by atoms with Crippen LogP contribution in [0.3, 0.4) is 0 Å². The van der Waals surface area contributed by atoms with E-state index in [0.29, 0.717) is 12.0 Å². The van der Waals surface area contributed by atoms with Gasteiger partial charge in [0.05, 0.1) is 5.56 Å². The Hall–Kier alpha value is -2.89. The molecule has 126 valence electrons. The minimum Gasteiger partial charge on any atom is -0.478 e. The van der Waals surface area contributed by atoms with Crippen LogP contribution in [0.5, 0.6) is 0 Å². The van der Waals surface area contributed by atoms with Crippen LogP contribution in [0.15, 0.2) is 47.4 Å². The van der Waals surface area contributed by atoms with E-state index in [1.54, 1.807) is 37.4 Å². The molecule has 0 radical (unpaired) electrons. The number of amides is 1. The molecular formula is C18H20N2O4. The van der Waals surface area contributed by atoms with E-state index in [0.717, 1.165) is 5.56 Å². The maximum absolute atomic E-state index is 12.4. The van der Waals surface area contributed by atoms with E-state index in [1.807, 2.05) is 6.92 Å². The highest BCUT2D eigenvalue weighted by Crippen LogP contribution is 2.10. The van der Waals surface area contributed by atoms with Gasteiger partial charge in [-0.25, -0.2) is 4.79 Å². The van der Waals surface area contributed by atoms with Gasteiger partial charge in [-0.1, -0.05) is 25.1 Å². The molecule has 2 N–H and O–H groups in total. The summed E-state index contributed by atoms with van der Waals surface area (Å²) in [6.45, 7) is 3.84. The first-order valence-corrected chi connectivity index (χ1v) is 7.71. The number of carbonyl (C=O) groups is 2. The number of nitrogens with one attached hydrogen (secondary N) is 1. The fourth-order valence-electron chi connectivity index (χ4n) is 2.45. The Balaban J connectivity index is 2.08. The van der Waals surface area contributed by atoms with Gasteiger partial charge in [0.25, 0.3) is 5.56 Å². The number of aromatic carboxylic acids is 1. The van der Waals surface area contributed by atoms with Crippen molar-refractivity contribution >= 4 is 11.9 Å². The van der Waals surface area contributed by atoms with Crippen molar-refractivity contribution in [2.24, 2.45) is 0 Å². The Kier molecular flexibility index (Phi) is 5.52. The molecule has 0 fully saturated rings. The first kappa shape index (κ1) is 17.5. The molecule has 1 atom stereocenters. The van der Waals surface area contributed by atoms with E-state index < -0.39 is 12.0 Å². The van der Waals surface area contributed by atoms with Crippen molar-refractivity contribution in [3.8, 4) is 0 Å². The van der Waals surface area contributed by atoms with Crippen LogP contribution in [0.2, 0.25) is 0 Å². The zero-order valence-corrected chi connectivity index (χ0v) is 13.7. The molecule has 1 heterocycles. The summed E-state index contributed by atoms with van der Waals surface area (Å²) in [6.07, 6.45) is 2.11. The third kappa shape index (κ3) is 3.90. The van der Waals surface area contributed by atoms with Crippen molar-refractivity contribution in [3.05, 3.63) is 69.6 Å². The molecule has 24 heavy (non-hydrogen) atoms. The second-order valence-electron chi connectivity index (χ2n) is 5.55. The number of rotatable bonds is 6. The number of benzene rings is 1. The van der Waals surface area contributed by atoms with Crippen LogP contribution in [-0.4, -0.2) is 21.6 Å². The zero-order chi connectivity index (χ0) is 17.7. The molecular weight excluding hydrogens is 308 g/mol. The highest BCUT2D eigenvalue weighted by molar-refractivity contribution is 5.87. The number of nitrogens with zero attached hydrogens (tertiary/aromatic N) is 1. The third-order valence-corrected chi connectivity index (χ3v) is 3.86. The van der Waals surface area contributed by atoms with Crippen LogP contribution in [0.1, 0.15) is 40.9 Å². The van der Waals surface area contributed by atoms with Gasteiger partial charge < -0.3 is 15.0 Å². The van der Waals surface area contributed by atoms with E-state index in [4.69, 9.17) is 5.11 Å². The van der Waals surface area contributed by atoms with Crippen LogP contribution in [0, 0.1) is 6.92 Å². The number of aryl methyl sites for hydroxylation is 1. The summed E-state index contributed by atoms with van der Waals surface area (Å²) in [5, 5.41) is 11.7. The van der Waals surface area contributed by atoms with Crippen LogP contribution < -0.4 is 10.9 Å². The lowest BCUT2D eigenvalue weighted by atomic mass is 10.1. The van der Waals surface area contributed by atoms with E-state index in [9.17, 15) is 14.4 Å². The fourth-order valence-corrected chi connectivity index (χ4v) is 2.45. The highest BCUT2D eigenvalue weighted by Gasteiger charge is 2.19. The molecule has 1 aromatic carbocycles. The molecule has 0 saturated heterocycles. The Morgan fingerprint density at radius 2 is 1.88 bits per heavy atom. The second kappa shape index (κ2) is 7.59. The van der Waals surface area contributed by atoms with Crippen LogP contribution in [0.25, 0.3) is 0 Å². The number of carboxylic acid groups (broad SMARTS) is 1. The van der Waals surface area contributed by atoms with Gasteiger partial charge in [0.1, 0.15) is 6.04 Å². The molecule has 6 heteroatoms. The van der Waals surface area contributed by atoms with Crippen molar-refractivity contribution < 1.29 is 14.7 Å². The molecule has 0 bridgehead atoms. The normalized spacial score (nSPS) is 11.8. The van der Waals surface area contributed by atoms with Crippen molar-refractivity contribution in [2.75, 3.05) is 0 Å². The zero-order valence-electron chi connectivity index (χ0n) is 13.7. The summed E-state index contributed by atoms with van der Waals surface area (Å²) in [5.41, 5.74) is 1.40. The maximum Gasteiger partial charge on any atom is 0.335 e. The number of hydrogen-bond donors (Lipinski definition) is 2. The quantitative estimate of drug-likeness (QED) is 0.850. The monoisotopic (exact) mass is 328 g/mol. The fraction of sp³-hybridized carbons (Fsp3) is 0.278. The molecule has 6 nitrogen and oxygen atoms in total. The molecule has 1 aromatic heterocycles. The molecule has 0 spiro atoms. The number of carboxylic acids is 1. The lowest BCUT2D eigenvalue weighted by molar-refractivity contribution is -0.124. The highest BCUT2D eigenvalue weighted by atomic mass is 16.4. The maximum atomic E-state index is 12.4. The van der Waals surface area contributed by atoms with Gasteiger partial charge in [0.15, 0.2) is 0 Å². The van der Waals surface area contributed by atoms with Crippen molar-refractivity contribution in [2.45, 2.75) is 32.9 Å². The van der Waals surface area contributed by atoms with Gasteiger partial charge in [0, 0.05) is 18.3 Å². The summed E-state index contributed by atoms with van der Waals surface area (Å²) < 4.78 is 1.44. The minimum absolute atomic E-state index is 0.176. The summed E-state index contributed by atoms with van der Waals surface area (Å²) in [7, 11) is 0. The van der Waals surface area contributed by atoms with Gasteiger partial charge in [-0.3, -0.25) is 9.59 Å². The van der Waals surface area contributed by atoms with Crippen molar-refractivity contribution in [3.63, 3.8) is 0 Å². The molecule has 0 aliphatic heterocycles. The predicted molar refractivity (Wildman–Crippen MR) is 90.0 cm³/mol. The van der Waals surface area contributed by atoms with Gasteiger partial charge in [0.2, 0.25) is 5.91 Å². The lowest BCUT2D eigenvalue weighted by Gasteiger charge is -2.18. The van der Waals surface area contributed by atoms with Gasteiger partial charge in [-0.15, -0.1) is 0 Å². The molecule has 0 aliphatic carbocycles. The molecule has 0 saturated carbocycles. The van der Waals surface area contributed by atoms with E-state index in [1.165, 1.54) is 16.7 Å². The average molecular weight is 328 g/mol. The molecule has 2 aromatic rings. The minimum atomic E-state index is -0.990. The van der Waals surface area contributed by atoms with Gasteiger partial charge in [-0.05, 0) is 37.1 Å². The van der Waals surface area contributed by atoms with Gasteiger partial charge >= 0.3 is 5.97 Å². The van der Waals surface area contributed by atoms with Crippen LogP contribution in [-0.2, 0) is 11.3 Å². The SMILES string of the molecule is CCC(C(=O)NCc1ccc(C(=O)O)cc1)n1cccc(C)c1=O. The molecule has 1 unspecified atom stereocenters. The predicted octanol–water partition coefficient (Wildman–Crippen LogP) is 2.12. The first-order chi connectivity index (χ1) is 11.4. The van der Waals surface area contributed by atoms with Gasteiger partial charge in [-0.2, -0.15) is 0 Å². The van der Waals surface area contributed by atoms with E-state index in [2.05, 4.69) is 5.32 Å². The van der Waals surface area contributed by atoms with Crippen LogP contribution in [0.4, 0.5) is 0 Å². The molecule has 0 aliphatic rings. The van der Waals surface area contributed by atoms with Crippen molar-refractivity contribution in [1.82, 2.24) is 9.88 Å². The Morgan fingerprint density at radius 1 is 1.21 bits per heavy atom. The molecule has 2 rings (SSSR count). The van der Waals surface area contributed by atoms with E-state index in [-0.39, 0.29) is 23.6 Å². The Morgan fingerprint density at radius 3 is 2.46 bits per heavy atom. The first-order valence-electron chi connectivity index (χ1n) is 7.71. The third-order valence-electron chi connectivity index (χ3n) is 3.86. The second-order valence-corrected chi connectivity index (χ2v) is 5.55. The summed E-state index contributed by atoms with van der Waals surface area (Å²) in [6, 6.07) is 9.19. The van der Waals surface area contributed by atoms with Crippen LogP contribution >= 0.6 is 0 Å². The number of carbonyl (C=O) groups excluding carboxylic acids is 1. The molecule has 1 amide bonds. The Labute approximate surface area is 139 Å². The number of pyridine rings is 1. The smallest absolute Gasteiger partial charge is 0.335 e. The summed E-state index contributed by atoms with van der Waals surface area (Å²) >= 11 is 0.